The molecule has 114 valence electrons. The minimum Gasteiger partial charge on any atom is -0.462 e. The highest BCUT2D eigenvalue weighted by molar-refractivity contribution is 5.75. The van der Waals surface area contributed by atoms with Gasteiger partial charge in [-0.15, -0.1) is 0 Å². The zero-order valence-corrected chi connectivity index (χ0v) is 12.2. The van der Waals surface area contributed by atoms with Gasteiger partial charge in [-0.1, -0.05) is 6.42 Å². The van der Waals surface area contributed by atoms with Crippen LogP contribution in [0.2, 0.25) is 0 Å². The quantitative estimate of drug-likeness (QED) is 0.468. The van der Waals surface area contributed by atoms with Crippen molar-refractivity contribution >= 4 is 11.9 Å². The smallest absolute Gasteiger partial charge is 0.309 e. The summed E-state index contributed by atoms with van der Waals surface area (Å²) >= 11 is 0. The molecule has 4 N–H and O–H groups in total. The minimum absolute atomic E-state index is 0.0252. The molecule has 0 aliphatic heterocycles. The number of carbonyl (C=O) groups is 1. The number of hydrogen-bond acceptors (Lipinski definition) is 3. The van der Waals surface area contributed by atoms with Gasteiger partial charge in [-0.2, -0.15) is 0 Å². The summed E-state index contributed by atoms with van der Waals surface area (Å²) in [6.07, 6.45) is 9.80. The van der Waals surface area contributed by atoms with E-state index in [4.69, 9.17) is 16.2 Å². The van der Waals surface area contributed by atoms with Crippen molar-refractivity contribution in [1.82, 2.24) is 0 Å². The Labute approximate surface area is 121 Å². The van der Waals surface area contributed by atoms with Gasteiger partial charge in [0.15, 0.2) is 5.96 Å². The molecule has 0 aromatic carbocycles. The average molecular weight is 281 g/mol. The Balaban J connectivity index is 1.69. The molecule has 0 saturated heterocycles. The monoisotopic (exact) mass is 281 g/mol. The average Bonchev–Trinajstić information content (AvgIpc) is 2.46. The summed E-state index contributed by atoms with van der Waals surface area (Å²) in [4.78, 5) is 16.2. The Hall–Kier alpha value is -1.26. The topological polar surface area (TPSA) is 90.7 Å². The minimum atomic E-state index is 0.0252. The zero-order chi connectivity index (χ0) is 14.4. The van der Waals surface area contributed by atoms with Crippen molar-refractivity contribution in [2.45, 2.75) is 63.9 Å². The first-order valence-electron chi connectivity index (χ1n) is 7.91. The number of carbonyl (C=O) groups excluding carboxylic acids is 1. The van der Waals surface area contributed by atoms with E-state index in [1.54, 1.807) is 0 Å². The van der Waals surface area contributed by atoms with Crippen LogP contribution in [0, 0.1) is 11.8 Å². The van der Waals surface area contributed by atoms with Crippen LogP contribution in [0.4, 0.5) is 0 Å². The van der Waals surface area contributed by atoms with E-state index in [0.29, 0.717) is 12.5 Å². The molecule has 0 spiro atoms. The van der Waals surface area contributed by atoms with E-state index in [9.17, 15) is 4.79 Å². The second kappa shape index (κ2) is 7.50. The van der Waals surface area contributed by atoms with E-state index >= 15 is 0 Å². The Kier molecular flexibility index (Phi) is 5.68. The fourth-order valence-electron chi connectivity index (χ4n) is 3.26. The highest BCUT2D eigenvalue weighted by Gasteiger charge is 2.29. The molecule has 2 saturated carbocycles. The van der Waals surface area contributed by atoms with Gasteiger partial charge in [0.2, 0.25) is 0 Å². The van der Waals surface area contributed by atoms with Crippen LogP contribution in [-0.4, -0.2) is 24.6 Å². The summed E-state index contributed by atoms with van der Waals surface area (Å²) in [5, 5.41) is 0. The normalized spacial score (nSPS) is 27.8. The molecular weight excluding hydrogens is 254 g/mol. The predicted octanol–water partition coefficient (Wildman–Crippen LogP) is 1.94. The van der Waals surface area contributed by atoms with E-state index in [2.05, 4.69) is 4.99 Å². The standard InChI is InChI=1S/C15H27N3O2/c16-15(17)18-10-11-6-8-12(9-7-11)14(19)20-13-4-2-1-3-5-13/h11-13H,1-10H2,(H4,16,17,18). The van der Waals surface area contributed by atoms with Crippen molar-refractivity contribution in [2.24, 2.45) is 28.3 Å². The largest absolute Gasteiger partial charge is 0.462 e. The van der Waals surface area contributed by atoms with Gasteiger partial charge in [0.25, 0.3) is 0 Å². The molecule has 0 aromatic heterocycles. The Morgan fingerprint density at radius 3 is 2.25 bits per heavy atom. The summed E-state index contributed by atoms with van der Waals surface area (Å²) in [6, 6.07) is 0. The first-order chi connectivity index (χ1) is 9.65. The molecule has 2 rings (SSSR count). The van der Waals surface area contributed by atoms with E-state index < -0.39 is 0 Å². The first kappa shape index (κ1) is 15.1. The molecule has 20 heavy (non-hydrogen) atoms. The van der Waals surface area contributed by atoms with Crippen molar-refractivity contribution in [1.29, 1.82) is 0 Å². The third kappa shape index (κ3) is 4.69. The maximum atomic E-state index is 12.1. The molecule has 5 heteroatoms. The van der Waals surface area contributed by atoms with Crippen molar-refractivity contribution in [3.05, 3.63) is 0 Å². The van der Waals surface area contributed by atoms with Crippen LogP contribution in [0.5, 0.6) is 0 Å². The van der Waals surface area contributed by atoms with Gasteiger partial charge in [-0.3, -0.25) is 9.79 Å². The Bertz CT molecular complexity index is 339. The Morgan fingerprint density at radius 2 is 1.65 bits per heavy atom. The fourth-order valence-corrected chi connectivity index (χ4v) is 3.26. The van der Waals surface area contributed by atoms with Gasteiger partial charge in [0.1, 0.15) is 6.10 Å². The number of aliphatic imine (C=N–C) groups is 1. The van der Waals surface area contributed by atoms with E-state index in [1.165, 1.54) is 19.3 Å². The lowest BCUT2D eigenvalue weighted by molar-refractivity contribution is -0.157. The van der Waals surface area contributed by atoms with Gasteiger partial charge in [-0.25, -0.2) is 0 Å². The summed E-state index contributed by atoms with van der Waals surface area (Å²) in [5.74, 6) is 0.782. The van der Waals surface area contributed by atoms with Crippen molar-refractivity contribution in [3.63, 3.8) is 0 Å². The maximum Gasteiger partial charge on any atom is 0.309 e. The predicted molar refractivity (Wildman–Crippen MR) is 79.1 cm³/mol. The van der Waals surface area contributed by atoms with E-state index in [0.717, 1.165) is 38.5 Å². The maximum absolute atomic E-state index is 12.1. The molecule has 2 fully saturated rings. The number of hydrogen-bond donors (Lipinski definition) is 2. The fraction of sp³-hybridized carbons (Fsp3) is 0.867. The highest BCUT2D eigenvalue weighted by atomic mass is 16.5. The third-order valence-electron chi connectivity index (χ3n) is 4.55. The van der Waals surface area contributed by atoms with Crippen LogP contribution in [-0.2, 0) is 9.53 Å². The number of ether oxygens (including phenoxy) is 1. The first-order valence-corrected chi connectivity index (χ1v) is 7.91. The molecule has 2 aliphatic rings. The van der Waals surface area contributed by atoms with Gasteiger partial charge in [0, 0.05) is 6.54 Å². The second-order valence-electron chi connectivity index (χ2n) is 6.18. The summed E-state index contributed by atoms with van der Waals surface area (Å²) in [7, 11) is 0. The number of nitrogens with two attached hydrogens (primary N) is 2. The number of guanidine groups is 1. The molecule has 0 amide bonds. The SMILES string of the molecule is NC(N)=NCC1CCC(C(=O)OC2CCCCC2)CC1. The van der Waals surface area contributed by atoms with Crippen molar-refractivity contribution in [2.75, 3.05) is 6.54 Å². The van der Waals surface area contributed by atoms with Crippen molar-refractivity contribution < 1.29 is 9.53 Å². The summed E-state index contributed by atoms with van der Waals surface area (Å²) < 4.78 is 5.66. The molecule has 0 atom stereocenters. The van der Waals surface area contributed by atoms with Crippen LogP contribution in [0.3, 0.4) is 0 Å². The molecule has 2 aliphatic carbocycles. The van der Waals surface area contributed by atoms with Crippen LogP contribution in [0.15, 0.2) is 4.99 Å². The molecule has 0 bridgehead atoms. The molecule has 0 unspecified atom stereocenters. The van der Waals surface area contributed by atoms with Gasteiger partial charge in [-0.05, 0) is 57.3 Å². The van der Waals surface area contributed by atoms with Gasteiger partial charge < -0.3 is 16.2 Å². The molecule has 0 radical (unpaired) electrons. The van der Waals surface area contributed by atoms with Gasteiger partial charge >= 0.3 is 5.97 Å². The summed E-state index contributed by atoms with van der Waals surface area (Å²) in [6.45, 7) is 0.687. The highest BCUT2D eigenvalue weighted by Crippen LogP contribution is 2.31. The lowest BCUT2D eigenvalue weighted by Crippen LogP contribution is -2.30. The second-order valence-corrected chi connectivity index (χ2v) is 6.18. The van der Waals surface area contributed by atoms with Crippen LogP contribution < -0.4 is 11.5 Å². The molecular formula is C15H27N3O2. The summed E-state index contributed by atoms with van der Waals surface area (Å²) in [5.41, 5.74) is 10.7. The van der Waals surface area contributed by atoms with E-state index in [-0.39, 0.29) is 24.0 Å². The van der Waals surface area contributed by atoms with Crippen LogP contribution in [0.1, 0.15) is 57.8 Å². The van der Waals surface area contributed by atoms with E-state index in [1.807, 2.05) is 0 Å². The number of rotatable bonds is 4. The molecule has 5 nitrogen and oxygen atoms in total. The number of nitrogens with zero attached hydrogens (tertiary/aromatic N) is 1. The molecule has 0 aromatic rings. The number of esters is 1. The lowest BCUT2D eigenvalue weighted by Gasteiger charge is -2.29. The van der Waals surface area contributed by atoms with Crippen molar-refractivity contribution in [3.8, 4) is 0 Å². The molecule has 0 heterocycles. The van der Waals surface area contributed by atoms with Crippen LogP contribution >= 0.6 is 0 Å². The van der Waals surface area contributed by atoms with Gasteiger partial charge in [0.05, 0.1) is 5.92 Å². The van der Waals surface area contributed by atoms with Crippen LogP contribution in [0.25, 0.3) is 0 Å². The lowest BCUT2D eigenvalue weighted by atomic mass is 9.82. The third-order valence-corrected chi connectivity index (χ3v) is 4.55. The Morgan fingerprint density at radius 1 is 1.00 bits per heavy atom. The zero-order valence-electron chi connectivity index (χ0n) is 12.2.